The quantitative estimate of drug-likeness (QED) is 0.908. The molecule has 2 atom stereocenters. The summed E-state index contributed by atoms with van der Waals surface area (Å²) in [5.74, 6) is 2.23. The molecule has 0 bridgehead atoms. The van der Waals surface area contributed by atoms with Crippen LogP contribution in [-0.4, -0.2) is 25.5 Å². The molecule has 136 valence electrons. The smallest absolute Gasteiger partial charge is 0.346 e. The van der Waals surface area contributed by atoms with Gasteiger partial charge >= 0.3 is 5.69 Å². The summed E-state index contributed by atoms with van der Waals surface area (Å²) in [4.78, 5) is 12.6. The average Bonchev–Trinajstić information content (AvgIpc) is 3.14. The van der Waals surface area contributed by atoms with Crippen LogP contribution in [0.25, 0.3) is 0 Å². The van der Waals surface area contributed by atoms with E-state index in [1.54, 1.807) is 11.6 Å². The van der Waals surface area contributed by atoms with Gasteiger partial charge in [0.05, 0.1) is 6.54 Å². The molecule has 0 aliphatic heterocycles. The number of aryl methyl sites for hydroxylation is 1. The summed E-state index contributed by atoms with van der Waals surface area (Å²) in [6, 6.07) is 0.219. The summed E-state index contributed by atoms with van der Waals surface area (Å²) < 4.78 is 8.64. The molecule has 0 amide bonds. The van der Waals surface area contributed by atoms with Gasteiger partial charge in [-0.2, -0.15) is 5.10 Å². The molecule has 2 aromatic rings. The van der Waals surface area contributed by atoms with Gasteiger partial charge in [0.1, 0.15) is 17.3 Å². The van der Waals surface area contributed by atoms with Crippen LogP contribution in [0.15, 0.2) is 9.32 Å². The fourth-order valence-electron chi connectivity index (χ4n) is 4.25. The van der Waals surface area contributed by atoms with E-state index in [4.69, 9.17) is 10.3 Å². The van der Waals surface area contributed by atoms with Crippen molar-refractivity contribution in [2.24, 2.45) is 18.7 Å². The molecule has 0 spiro atoms. The molecule has 0 radical (unpaired) electrons. The Balaban J connectivity index is 1.55. The van der Waals surface area contributed by atoms with Crippen LogP contribution in [0.1, 0.15) is 61.4 Å². The highest BCUT2D eigenvalue weighted by Gasteiger charge is 2.25. The van der Waals surface area contributed by atoms with Crippen molar-refractivity contribution in [3.05, 3.63) is 33.3 Å². The van der Waals surface area contributed by atoms with E-state index >= 15 is 0 Å². The van der Waals surface area contributed by atoms with Gasteiger partial charge in [-0.1, -0.05) is 18.0 Å². The first-order valence-corrected chi connectivity index (χ1v) is 9.48. The molecule has 4 rings (SSSR count). The Morgan fingerprint density at radius 1 is 1.20 bits per heavy atom. The molecular formula is C18H27N5O2. The van der Waals surface area contributed by atoms with Crippen molar-refractivity contribution >= 4 is 0 Å². The van der Waals surface area contributed by atoms with E-state index in [9.17, 15) is 4.79 Å². The minimum atomic E-state index is -0.0908. The minimum absolute atomic E-state index is 0.0908. The molecule has 1 saturated carbocycles. The zero-order chi connectivity index (χ0) is 17.4. The number of nitrogens with two attached hydrogens (primary N) is 1. The molecule has 2 N–H and O–H groups in total. The number of nitrogens with zero attached hydrogens (tertiary/aromatic N) is 4. The molecule has 0 saturated heterocycles. The van der Waals surface area contributed by atoms with Gasteiger partial charge in [0.25, 0.3) is 0 Å². The predicted molar refractivity (Wildman–Crippen MR) is 93.4 cm³/mol. The van der Waals surface area contributed by atoms with Crippen molar-refractivity contribution in [2.45, 2.75) is 70.4 Å². The topological polar surface area (TPSA) is 91.9 Å². The third-order valence-corrected chi connectivity index (χ3v) is 5.87. The molecule has 7 nitrogen and oxygen atoms in total. The lowest BCUT2D eigenvalue weighted by atomic mass is 9.83. The first-order chi connectivity index (χ1) is 12.1. The van der Waals surface area contributed by atoms with Gasteiger partial charge in [0, 0.05) is 31.5 Å². The summed E-state index contributed by atoms with van der Waals surface area (Å²) in [6.45, 7) is 0.391. The third kappa shape index (κ3) is 3.17. The second-order valence-electron chi connectivity index (χ2n) is 7.57. The average molecular weight is 345 g/mol. The number of hydrogen-bond acceptors (Lipinski definition) is 5. The Bertz CT molecular complexity index is 803. The Labute approximate surface area is 147 Å². The molecule has 7 heteroatoms. The predicted octanol–water partition coefficient (Wildman–Crippen LogP) is 1.56. The monoisotopic (exact) mass is 345 g/mol. The van der Waals surface area contributed by atoms with Gasteiger partial charge in [-0.15, -0.1) is 0 Å². The lowest BCUT2D eigenvalue weighted by molar-refractivity contribution is 0.300. The highest BCUT2D eigenvalue weighted by Crippen LogP contribution is 2.26. The molecule has 25 heavy (non-hydrogen) atoms. The van der Waals surface area contributed by atoms with Crippen molar-refractivity contribution in [3.8, 4) is 0 Å². The maximum atomic E-state index is 12.6. The van der Waals surface area contributed by atoms with E-state index < -0.39 is 0 Å². The number of rotatable bonds is 4. The first-order valence-electron chi connectivity index (χ1n) is 9.48. The van der Waals surface area contributed by atoms with Gasteiger partial charge in [-0.25, -0.2) is 9.48 Å². The van der Waals surface area contributed by atoms with E-state index in [1.165, 1.54) is 23.1 Å². The summed E-state index contributed by atoms with van der Waals surface area (Å²) in [6.07, 6.45) is 9.64. The van der Waals surface area contributed by atoms with E-state index in [1.807, 2.05) is 0 Å². The lowest BCUT2D eigenvalue weighted by Crippen LogP contribution is -2.35. The van der Waals surface area contributed by atoms with Gasteiger partial charge in [0.2, 0.25) is 0 Å². The van der Waals surface area contributed by atoms with Crippen LogP contribution in [0, 0.1) is 5.92 Å². The van der Waals surface area contributed by atoms with Crippen LogP contribution in [-0.2, 0) is 32.9 Å². The summed E-state index contributed by atoms with van der Waals surface area (Å²) in [5.41, 5.74) is 8.21. The second-order valence-corrected chi connectivity index (χ2v) is 7.57. The Morgan fingerprint density at radius 2 is 2.00 bits per heavy atom. The molecule has 0 unspecified atom stereocenters. The van der Waals surface area contributed by atoms with Crippen LogP contribution in [0.5, 0.6) is 0 Å². The summed E-state index contributed by atoms with van der Waals surface area (Å²) >= 11 is 0. The maximum Gasteiger partial charge on any atom is 0.346 e. The fourth-order valence-corrected chi connectivity index (χ4v) is 4.25. The minimum Gasteiger partial charge on any atom is -0.361 e. The molecule has 1 fully saturated rings. The van der Waals surface area contributed by atoms with E-state index in [0.717, 1.165) is 62.2 Å². The maximum absolute atomic E-state index is 12.6. The number of hydrogen-bond donors (Lipinski definition) is 1. The van der Waals surface area contributed by atoms with E-state index in [-0.39, 0.29) is 11.7 Å². The first kappa shape index (κ1) is 16.6. The summed E-state index contributed by atoms with van der Waals surface area (Å²) in [7, 11) is 1.80. The van der Waals surface area contributed by atoms with Crippen LogP contribution in [0.3, 0.4) is 0 Å². The van der Waals surface area contributed by atoms with E-state index in [0.29, 0.717) is 12.5 Å². The SMILES string of the molecule is Cn1c(C[C@H]2CCCC[C@H]2N)nn(Cc2noc3c2CCCC3)c1=O. The zero-order valence-corrected chi connectivity index (χ0v) is 14.9. The van der Waals surface area contributed by atoms with Crippen molar-refractivity contribution in [3.63, 3.8) is 0 Å². The van der Waals surface area contributed by atoms with Gasteiger partial charge in [0.15, 0.2) is 0 Å². The van der Waals surface area contributed by atoms with Gasteiger partial charge < -0.3 is 10.3 Å². The Morgan fingerprint density at radius 3 is 2.84 bits per heavy atom. The van der Waals surface area contributed by atoms with Crippen molar-refractivity contribution < 1.29 is 4.52 Å². The molecular weight excluding hydrogens is 318 g/mol. The van der Waals surface area contributed by atoms with Crippen LogP contribution < -0.4 is 11.4 Å². The van der Waals surface area contributed by atoms with Gasteiger partial charge in [-0.3, -0.25) is 4.57 Å². The molecule has 2 heterocycles. The number of aromatic nitrogens is 4. The summed E-state index contributed by atoms with van der Waals surface area (Å²) in [5, 5.41) is 8.79. The van der Waals surface area contributed by atoms with Crippen molar-refractivity contribution in [2.75, 3.05) is 0 Å². The second kappa shape index (κ2) is 6.78. The highest BCUT2D eigenvalue weighted by molar-refractivity contribution is 5.25. The number of fused-ring (bicyclic) bond motifs is 1. The van der Waals surface area contributed by atoms with Crippen molar-refractivity contribution in [1.82, 2.24) is 19.5 Å². The molecule has 2 aromatic heterocycles. The highest BCUT2D eigenvalue weighted by atomic mass is 16.5. The molecule has 2 aliphatic rings. The molecule has 2 aliphatic carbocycles. The standard InChI is InChI=1S/C18H27N5O2/c1-22-17(10-12-6-2-4-8-14(12)19)20-23(18(22)24)11-15-13-7-3-5-9-16(13)25-21-15/h12,14H,2-11,19H2,1H3/t12-,14-/m1/s1. The van der Waals surface area contributed by atoms with Crippen LogP contribution >= 0.6 is 0 Å². The normalized spacial score (nSPS) is 23.6. The Kier molecular flexibility index (Phi) is 4.50. The van der Waals surface area contributed by atoms with Gasteiger partial charge in [-0.05, 0) is 38.0 Å². The Hall–Kier alpha value is -1.89. The van der Waals surface area contributed by atoms with E-state index in [2.05, 4.69) is 10.3 Å². The van der Waals surface area contributed by atoms with Crippen LogP contribution in [0.2, 0.25) is 0 Å². The lowest BCUT2D eigenvalue weighted by Gasteiger charge is -2.27. The van der Waals surface area contributed by atoms with Crippen molar-refractivity contribution in [1.29, 1.82) is 0 Å². The molecule has 0 aromatic carbocycles. The largest absolute Gasteiger partial charge is 0.361 e. The third-order valence-electron chi connectivity index (χ3n) is 5.87. The zero-order valence-electron chi connectivity index (χ0n) is 14.9. The fraction of sp³-hybridized carbons (Fsp3) is 0.722. The van der Waals surface area contributed by atoms with Crippen LogP contribution in [0.4, 0.5) is 0 Å².